The number of aliphatic carboxylic acids is 1. The van der Waals surface area contributed by atoms with E-state index < -0.39 is 66.3 Å². The third kappa shape index (κ3) is 8.70. The first-order valence-electron chi connectivity index (χ1n) is 9.82. The third-order valence-electron chi connectivity index (χ3n) is 4.47. The number of carbonyl (C=O) groups is 5. The second-order valence-electron chi connectivity index (χ2n) is 7.32. The molecule has 0 aromatic heterocycles. The van der Waals surface area contributed by atoms with Crippen LogP contribution in [0.25, 0.3) is 0 Å². The van der Waals surface area contributed by atoms with Crippen molar-refractivity contribution in [3.8, 4) is 0 Å². The standard InChI is InChI=1S/C20H29N5O7/c1-10(20(31)32)23-19(30)16(11(2)26)25-18(29)14(8-12-6-4-3-5-7-12)24-17(28)13(21)9-15(22)27/h3-7,10-11,13-14,16,26H,8-9,21H2,1-2H3,(H2,22,27)(H,23,30)(H,24,28)(H,25,29)(H,31,32). The van der Waals surface area contributed by atoms with Gasteiger partial charge in [0.2, 0.25) is 23.6 Å². The molecule has 5 atom stereocenters. The average Bonchev–Trinajstić information content (AvgIpc) is 2.70. The van der Waals surface area contributed by atoms with Crippen LogP contribution in [-0.4, -0.2) is 70.1 Å². The Morgan fingerprint density at radius 2 is 1.53 bits per heavy atom. The lowest BCUT2D eigenvalue weighted by molar-refractivity contribution is -0.142. The van der Waals surface area contributed by atoms with Crippen molar-refractivity contribution in [1.82, 2.24) is 16.0 Å². The fourth-order valence-corrected chi connectivity index (χ4v) is 2.67. The number of aliphatic hydroxyl groups is 1. The van der Waals surface area contributed by atoms with Crippen LogP contribution >= 0.6 is 0 Å². The van der Waals surface area contributed by atoms with Crippen LogP contribution in [0, 0.1) is 0 Å². The van der Waals surface area contributed by atoms with Crippen LogP contribution in [0.15, 0.2) is 30.3 Å². The highest BCUT2D eigenvalue weighted by molar-refractivity contribution is 5.95. The molecule has 176 valence electrons. The molecular formula is C20H29N5O7. The molecule has 12 heteroatoms. The second-order valence-corrected chi connectivity index (χ2v) is 7.32. The summed E-state index contributed by atoms with van der Waals surface area (Å²) in [4.78, 5) is 59.6. The van der Waals surface area contributed by atoms with Gasteiger partial charge in [-0.15, -0.1) is 0 Å². The first-order valence-corrected chi connectivity index (χ1v) is 9.82. The van der Waals surface area contributed by atoms with Gasteiger partial charge in [0, 0.05) is 6.42 Å². The van der Waals surface area contributed by atoms with Crippen LogP contribution in [0.3, 0.4) is 0 Å². The minimum atomic E-state index is -1.49. The first kappa shape index (κ1) is 26.5. The number of rotatable bonds is 12. The SMILES string of the molecule is CC(NC(=O)C(NC(=O)C(Cc1ccccc1)NC(=O)C(N)CC(N)=O)C(C)O)C(=O)O. The normalized spacial score (nSPS) is 15.4. The summed E-state index contributed by atoms with van der Waals surface area (Å²) in [6.45, 7) is 2.46. The molecule has 1 rings (SSSR count). The van der Waals surface area contributed by atoms with Gasteiger partial charge in [0.15, 0.2) is 0 Å². The summed E-state index contributed by atoms with van der Waals surface area (Å²) < 4.78 is 0. The van der Waals surface area contributed by atoms with Crippen LogP contribution in [0.4, 0.5) is 0 Å². The molecule has 0 aliphatic heterocycles. The maximum absolute atomic E-state index is 12.9. The summed E-state index contributed by atoms with van der Waals surface area (Å²) in [5, 5.41) is 25.8. The van der Waals surface area contributed by atoms with Crippen LogP contribution in [0.2, 0.25) is 0 Å². The van der Waals surface area contributed by atoms with E-state index in [1.54, 1.807) is 30.3 Å². The van der Waals surface area contributed by atoms with Crippen molar-refractivity contribution in [2.24, 2.45) is 11.5 Å². The molecular weight excluding hydrogens is 422 g/mol. The van der Waals surface area contributed by atoms with Crippen molar-refractivity contribution in [3.63, 3.8) is 0 Å². The van der Waals surface area contributed by atoms with E-state index in [4.69, 9.17) is 16.6 Å². The number of nitrogens with one attached hydrogen (secondary N) is 3. The summed E-state index contributed by atoms with van der Waals surface area (Å²) >= 11 is 0. The first-order chi connectivity index (χ1) is 14.9. The Balaban J connectivity index is 3.03. The van der Waals surface area contributed by atoms with E-state index in [9.17, 15) is 29.1 Å². The number of hydrogen-bond acceptors (Lipinski definition) is 7. The Bertz CT molecular complexity index is 831. The van der Waals surface area contributed by atoms with Gasteiger partial charge in [-0.05, 0) is 19.4 Å². The van der Waals surface area contributed by atoms with Crippen molar-refractivity contribution in [3.05, 3.63) is 35.9 Å². The fraction of sp³-hybridized carbons (Fsp3) is 0.450. The van der Waals surface area contributed by atoms with E-state index in [0.29, 0.717) is 5.56 Å². The molecule has 0 aliphatic carbocycles. The van der Waals surface area contributed by atoms with Gasteiger partial charge in [-0.1, -0.05) is 30.3 Å². The Morgan fingerprint density at radius 1 is 0.938 bits per heavy atom. The number of aliphatic hydroxyl groups excluding tert-OH is 1. The summed E-state index contributed by atoms with van der Waals surface area (Å²) in [5.74, 6) is -4.64. The largest absolute Gasteiger partial charge is 0.480 e. The van der Waals surface area contributed by atoms with Gasteiger partial charge >= 0.3 is 5.97 Å². The second kappa shape index (κ2) is 12.4. The van der Waals surface area contributed by atoms with Crippen molar-refractivity contribution in [2.75, 3.05) is 0 Å². The fourth-order valence-electron chi connectivity index (χ4n) is 2.67. The Kier molecular flexibility index (Phi) is 10.3. The Morgan fingerprint density at radius 3 is 2.03 bits per heavy atom. The highest BCUT2D eigenvalue weighted by atomic mass is 16.4. The number of benzene rings is 1. The van der Waals surface area contributed by atoms with Gasteiger partial charge in [0.05, 0.1) is 18.6 Å². The molecule has 12 nitrogen and oxygen atoms in total. The highest BCUT2D eigenvalue weighted by Crippen LogP contribution is 2.06. The van der Waals surface area contributed by atoms with Crippen molar-refractivity contribution >= 4 is 29.6 Å². The lowest BCUT2D eigenvalue weighted by Crippen LogP contribution is -2.60. The summed E-state index contributed by atoms with van der Waals surface area (Å²) in [7, 11) is 0. The molecule has 0 heterocycles. The van der Waals surface area contributed by atoms with Gasteiger partial charge in [0.1, 0.15) is 18.1 Å². The van der Waals surface area contributed by atoms with Crippen LogP contribution in [0.5, 0.6) is 0 Å². The number of carbonyl (C=O) groups excluding carboxylic acids is 4. The zero-order valence-corrected chi connectivity index (χ0v) is 17.8. The predicted octanol–water partition coefficient (Wildman–Crippen LogP) is -2.63. The molecule has 4 amide bonds. The van der Waals surface area contributed by atoms with Gasteiger partial charge < -0.3 is 37.6 Å². The van der Waals surface area contributed by atoms with Gasteiger partial charge in [0.25, 0.3) is 0 Å². The predicted molar refractivity (Wildman–Crippen MR) is 113 cm³/mol. The van der Waals surface area contributed by atoms with E-state index >= 15 is 0 Å². The van der Waals surface area contributed by atoms with E-state index in [1.165, 1.54) is 13.8 Å². The monoisotopic (exact) mass is 451 g/mol. The summed E-state index contributed by atoms with van der Waals surface area (Å²) in [6, 6.07) is 3.39. The minimum Gasteiger partial charge on any atom is -0.480 e. The third-order valence-corrected chi connectivity index (χ3v) is 4.47. The molecule has 0 aliphatic rings. The van der Waals surface area contributed by atoms with Gasteiger partial charge in [-0.3, -0.25) is 24.0 Å². The number of carboxylic acids is 1. The highest BCUT2D eigenvalue weighted by Gasteiger charge is 2.32. The Labute approximate surface area is 184 Å². The molecule has 1 aromatic rings. The summed E-state index contributed by atoms with van der Waals surface area (Å²) in [5.41, 5.74) is 11.4. The quantitative estimate of drug-likeness (QED) is 0.178. The molecule has 0 spiro atoms. The molecule has 9 N–H and O–H groups in total. The van der Waals surface area contributed by atoms with E-state index in [1.807, 2.05) is 0 Å². The zero-order valence-electron chi connectivity index (χ0n) is 17.8. The van der Waals surface area contributed by atoms with Crippen LogP contribution < -0.4 is 27.4 Å². The van der Waals surface area contributed by atoms with E-state index in [0.717, 1.165) is 0 Å². The molecule has 0 saturated heterocycles. The molecule has 1 aromatic carbocycles. The van der Waals surface area contributed by atoms with Crippen LogP contribution in [-0.2, 0) is 30.4 Å². The van der Waals surface area contributed by atoms with Crippen LogP contribution in [0.1, 0.15) is 25.8 Å². The van der Waals surface area contributed by atoms with Crippen molar-refractivity contribution < 1.29 is 34.2 Å². The average molecular weight is 451 g/mol. The molecule has 0 saturated carbocycles. The Hall–Kier alpha value is -3.51. The zero-order chi connectivity index (χ0) is 24.4. The lowest BCUT2D eigenvalue weighted by atomic mass is 10.0. The van der Waals surface area contributed by atoms with E-state index in [2.05, 4.69) is 16.0 Å². The topological polar surface area (TPSA) is 214 Å². The molecule has 0 fully saturated rings. The lowest BCUT2D eigenvalue weighted by Gasteiger charge is -2.26. The smallest absolute Gasteiger partial charge is 0.325 e. The van der Waals surface area contributed by atoms with E-state index in [-0.39, 0.29) is 6.42 Å². The minimum absolute atomic E-state index is 0.0153. The summed E-state index contributed by atoms with van der Waals surface area (Å²) in [6.07, 6.45) is -1.79. The van der Waals surface area contributed by atoms with Gasteiger partial charge in [-0.25, -0.2) is 0 Å². The number of primary amides is 1. The number of hydrogen-bond donors (Lipinski definition) is 7. The molecule has 0 radical (unpaired) electrons. The molecule has 32 heavy (non-hydrogen) atoms. The van der Waals surface area contributed by atoms with Crippen molar-refractivity contribution in [1.29, 1.82) is 0 Å². The number of nitrogens with two attached hydrogens (primary N) is 2. The maximum atomic E-state index is 12.9. The molecule has 0 bridgehead atoms. The van der Waals surface area contributed by atoms with Gasteiger partial charge in [-0.2, -0.15) is 0 Å². The molecule has 5 unspecified atom stereocenters. The maximum Gasteiger partial charge on any atom is 0.325 e. The number of amides is 4. The van der Waals surface area contributed by atoms with Crippen molar-refractivity contribution in [2.45, 2.75) is 57.0 Å². The number of carboxylic acid groups (broad SMARTS) is 1.